The normalized spacial score (nSPS) is 35.4. The van der Waals surface area contributed by atoms with Crippen molar-refractivity contribution < 1.29 is 9.59 Å². The quantitative estimate of drug-likeness (QED) is 0.781. The Morgan fingerprint density at radius 3 is 2.58 bits per heavy atom. The number of nitrogens with zero attached hydrogens (tertiary/aromatic N) is 1. The van der Waals surface area contributed by atoms with E-state index in [0.29, 0.717) is 19.5 Å². The number of amides is 2. The number of rotatable bonds is 3. The molecule has 19 heavy (non-hydrogen) atoms. The highest BCUT2D eigenvalue weighted by molar-refractivity contribution is 5.86. The van der Waals surface area contributed by atoms with Crippen molar-refractivity contribution in [3.05, 3.63) is 0 Å². The van der Waals surface area contributed by atoms with Crippen molar-refractivity contribution >= 4 is 11.8 Å². The van der Waals surface area contributed by atoms with Gasteiger partial charge in [0.1, 0.15) is 0 Å². The van der Waals surface area contributed by atoms with Crippen molar-refractivity contribution in [2.45, 2.75) is 39.5 Å². The summed E-state index contributed by atoms with van der Waals surface area (Å²) in [4.78, 5) is 26.1. The number of hydrogen-bond donors (Lipinski definition) is 2. The highest BCUT2D eigenvalue weighted by atomic mass is 16.2. The maximum absolute atomic E-state index is 12.8. The summed E-state index contributed by atoms with van der Waals surface area (Å²) in [6.45, 7) is 6.82. The SMILES string of the molecule is CCC1(C(=O)N2CCC(C)(C(N)=O)C2)CCCNC1. The van der Waals surface area contributed by atoms with Crippen LogP contribution in [0, 0.1) is 10.8 Å². The molecule has 0 saturated carbocycles. The van der Waals surface area contributed by atoms with Gasteiger partial charge in [-0.05, 0) is 39.2 Å². The Bertz CT molecular complexity index is 377. The van der Waals surface area contributed by atoms with Crippen molar-refractivity contribution in [1.29, 1.82) is 0 Å². The molecule has 2 aliphatic heterocycles. The fourth-order valence-electron chi connectivity index (χ4n) is 3.27. The predicted molar refractivity (Wildman–Crippen MR) is 73.3 cm³/mol. The van der Waals surface area contributed by atoms with Crippen molar-refractivity contribution in [3.63, 3.8) is 0 Å². The van der Waals surface area contributed by atoms with Crippen LogP contribution in [0.2, 0.25) is 0 Å². The Morgan fingerprint density at radius 1 is 1.37 bits per heavy atom. The van der Waals surface area contributed by atoms with Gasteiger partial charge >= 0.3 is 0 Å². The molecule has 0 aromatic carbocycles. The molecule has 0 aromatic rings. The van der Waals surface area contributed by atoms with Crippen molar-refractivity contribution in [2.24, 2.45) is 16.6 Å². The van der Waals surface area contributed by atoms with Crippen molar-refractivity contribution in [1.82, 2.24) is 10.2 Å². The third-order valence-electron chi connectivity index (χ3n) is 4.96. The Labute approximate surface area is 114 Å². The van der Waals surface area contributed by atoms with Gasteiger partial charge in [0.05, 0.1) is 10.8 Å². The van der Waals surface area contributed by atoms with Gasteiger partial charge in [0.25, 0.3) is 0 Å². The van der Waals surface area contributed by atoms with Crippen LogP contribution in [-0.4, -0.2) is 42.9 Å². The first-order valence-corrected chi connectivity index (χ1v) is 7.23. The topological polar surface area (TPSA) is 75.4 Å². The summed E-state index contributed by atoms with van der Waals surface area (Å²) < 4.78 is 0. The number of primary amides is 1. The van der Waals surface area contributed by atoms with E-state index >= 15 is 0 Å². The first kappa shape index (κ1) is 14.3. The molecule has 0 aliphatic carbocycles. The summed E-state index contributed by atoms with van der Waals surface area (Å²) in [5.74, 6) is -0.0951. The Kier molecular flexibility index (Phi) is 3.85. The zero-order valence-corrected chi connectivity index (χ0v) is 12.0. The van der Waals surface area contributed by atoms with E-state index in [1.165, 1.54) is 0 Å². The monoisotopic (exact) mass is 267 g/mol. The van der Waals surface area contributed by atoms with Gasteiger partial charge in [-0.25, -0.2) is 0 Å². The number of nitrogens with two attached hydrogens (primary N) is 1. The van der Waals surface area contributed by atoms with E-state index < -0.39 is 5.41 Å². The molecule has 0 radical (unpaired) electrons. The molecule has 2 amide bonds. The molecule has 2 fully saturated rings. The molecule has 2 unspecified atom stereocenters. The number of likely N-dealkylation sites (tertiary alicyclic amines) is 1. The molecule has 2 rings (SSSR count). The minimum Gasteiger partial charge on any atom is -0.369 e. The van der Waals surface area contributed by atoms with Crippen LogP contribution in [-0.2, 0) is 9.59 Å². The average molecular weight is 267 g/mol. The van der Waals surface area contributed by atoms with Crippen LogP contribution in [0.25, 0.3) is 0 Å². The number of carbonyl (C=O) groups is 2. The third kappa shape index (κ3) is 2.48. The first-order chi connectivity index (χ1) is 8.93. The van der Waals surface area contributed by atoms with E-state index in [2.05, 4.69) is 12.2 Å². The number of hydrogen-bond acceptors (Lipinski definition) is 3. The molecule has 2 atom stereocenters. The highest BCUT2D eigenvalue weighted by Gasteiger charge is 2.46. The van der Waals surface area contributed by atoms with Gasteiger partial charge in [-0.15, -0.1) is 0 Å². The van der Waals surface area contributed by atoms with Crippen LogP contribution in [0.15, 0.2) is 0 Å². The minimum atomic E-state index is -0.549. The molecule has 2 heterocycles. The first-order valence-electron chi connectivity index (χ1n) is 7.23. The lowest BCUT2D eigenvalue weighted by Gasteiger charge is -2.38. The lowest BCUT2D eigenvalue weighted by atomic mass is 9.77. The molecule has 0 bridgehead atoms. The standard InChI is InChI=1S/C14H25N3O2/c1-3-14(5-4-7-16-9-14)12(19)17-8-6-13(2,10-17)11(15)18/h16H,3-10H2,1-2H3,(H2,15,18). The van der Waals surface area contributed by atoms with Crippen LogP contribution >= 0.6 is 0 Å². The van der Waals surface area contributed by atoms with E-state index in [-0.39, 0.29) is 17.2 Å². The maximum Gasteiger partial charge on any atom is 0.230 e. The maximum atomic E-state index is 12.8. The smallest absolute Gasteiger partial charge is 0.230 e. The fourth-order valence-corrected chi connectivity index (χ4v) is 3.27. The lowest BCUT2D eigenvalue weighted by molar-refractivity contribution is -0.143. The van der Waals surface area contributed by atoms with Gasteiger partial charge in [-0.1, -0.05) is 6.92 Å². The Balaban J connectivity index is 2.10. The van der Waals surface area contributed by atoms with Gasteiger partial charge in [0.15, 0.2) is 0 Å². The summed E-state index contributed by atoms with van der Waals surface area (Å²) in [6, 6.07) is 0. The van der Waals surface area contributed by atoms with Gasteiger partial charge in [0.2, 0.25) is 11.8 Å². The van der Waals surface area contributed by atoms with Crippen LogP contribution in [0.1, 0.15) is 39.5 Å². The molecule has 0 aromatic heterocycles. The summed E-state index contributed by atoms with van der Waals surface area (Å²) >= 11 is 0. The van der Waals surface area contributed by atoms with Crippen molar-refractivity contribution in [3.8, 4) is 0 Å². The Hall–Kier alpha value is -1.10. The molecular weight excluding hydrogens is 242 g/mol. The summed E-state index contributed by atoms with van der Waals surface area (Å²) in [6.07, 6.45) is 3.52. The van der Waals surface area contributed by atoms with E-state index in [9.17, 15) is 9.59 Å². The van der Waals surface area contributed by atoms with E-state index in [4.69, 9.17) is 5.73 Å². The van der Waals surface area contributed by atoms with Crippen LogP contribution in [0.3, 0.4) is 0 Å². The molecule has 5 heteroatoms. The van der Waals surface area contributed by atoms with Crippen molar-refractivity contribution in [2.75, 3.05) is 26.2 Å². The molecule has 2 saturated heterocycles. The van der Waals surface area contributed by atoms with E-state index in [1.54, 1.807) is 0 Å². The molecule has 2 aliphatic rings. The zero-order chi connectivity index (χ0) is 14.1. The summed E-state index contributed by atoms with van der Waals surface area (Å²) in [7, 11) is 0. The fraction of sp³-hybridized carbons (Fsp3) is 0.857. The molecule has 3 N–H and O–H groups in total. The number of nitrogens with one attached hydrogen (secondary N) is 1. The average Bonchev–Trinajstić information content (AvgIpc) is 2.83. The molecular formula is C14H25N3O2. The van der Waals surface area contributed by atoms with Gasteiger partial charge < -0.3 is 16.0 Å². The second-order valence-electron chi connectivity index (χ2n) is 6.32. The van der Waals surface area contributed by atoms with Gasteiger partial charge in [-0.2, -0.15) is 0 Å². The molecule has 108 valence electrons. The van der Waals surface area contributed by atoms with Gasteiger partial charge in [0, 0.05) is 19.6 Å². The van der Waals surface area contributed by atoms with Crippen LogP contribution in [0.4, 0.5) is 0 Å². The number of carbonyl (C=O) groups excluding carboxylic acids is 2. The van der Waals surface area contributed by atoms with E-state index in [1.807, 2.05) is 11.8 Å². The summed E-state index contributed by atoms with van der Waals surface area (Å²) in [5.41, 5.74) is 4.62. The largest absolute Gasteiger partial charge is 0.369 e. The summed E-state index contributed by atoms with van der Waals surface area (Å²) in [5, 5.41) is 3.34. The second kappa shape index (κ2) is 5.12. The minimum absolute atomic E-state index is 0.201. The highest BCUT2D eigenvalue weighted by Crippen LogP contribution is 2.37. The van der Waals surface area contributed by atoms with Crippen LogP contribution in [0.5, 0.6) is 0 Å². The third-order valence-corrected chi connectivity index (χ3v) is 4.96. The van der Waals surface area contributed by atoms with Gasteiger partial charge in [-0.3, -0.25) is 9.59 Å². The molecule has 5 nitrogen and oxygen atoms in total. The molecule has 0 spiro atoms. The predicted octanol–water partition coefficient (Wildman–Crippen LogP) is 0.490. The van der Waals surface area contributed by atoms with E-state index in [0.717, 1.165) is 32.4 Å². The zero-order valence-electron chi connectivity index (χ0n) is 12.0. The Morgan fingerprint density at radius 2 is 2.11 bits per heavy atom. The number of piperidine rings is 1. The second-order valence-corrected chi connectivity index (χ2v) is 6.32. The lowest BCUT2D eigenvalue weighted by Crippen LogP contribution is -2.51. The van der Waals surface area contributed by atoms with Crippen LogP contribution < -0.4 is 11.1 Å².